The number of amidine groups is 1. The highest BCUT2D eigenvalue weighted by Crippen LogP contribution is 2.30. The minimum absolute atomic E-state index is 0.170. The smallest absolute Gasteiger partial charge is 0.387 e. The van der Waals surface area contributed by atoms with Gasteiger partial charge in [-0.15, -0.1) is 0 Å². The third-order valence-corrected chi connectivity index (χ3v) is 4.02. The quantitative estimate of drug-likeness (QED) is 0.558. The van der Waals surface area contributed by atoms with Gasteiger partial charge in [0.1, 0.15) is 11.8 Å². The van der Waals surface area contributed by atoms with Gasteiger partial charge in [-0.25, -0.2) is 0 Å². The summed E-state index contributed by atoms with van der Waals surface area (Å²) in [7, 11) is 0. The summed E-state index contributed by atoms with van der Waals surface area (Å²) in [4.78, 5) is 1.91. The Morgan fingerprint density at radius 2 is 1.85 bits per heavy atom. The summed E-state index contributed by atoms with van der Waals surface area (Å²) in [6.45, 7) is 4.62. The molecule has 0 aromatic rings. The number of rotatable bonds is 7. The van der Waals surface area contributed by atoms with Crippen molar-refractivity contribution >= 4 is 5.84 Å². The predicted molar refractivity (Wildman–Crippen MR) is 74.7 cm³/mol. The Bertz CT molecular complexity index is 309. The van der Waals surface area contributed by atoms with Crippen molar-refractivity contribution in [3.63, 3.8) is 0 Å². The van der Waals surface area contributed by atoms with E-state index in [9.17, 15) is 13.2 Å². The predicted octanol–water partition coefficient (Wildman–Crippen LogP) is 3.39. The van der Waals surface area contributed by atoms with E-state index in [1.54, 1.807) is 0 Å². The number of nitrogens with two attached hydrogens (primary N) is 1. The number of nitrogens with one attached hydrogen (secondary N) is 1. The van der Waals surface area contributed by atoms with Crippen LogP contribution in [0.5, 0.6) is 0 Å². The van der Waals surface area contributed by atoms with Crippen LogP contribution in [0.4, 0.5) is 13.2 Å². The summed E-state index contributed by atoms with van der Waals surface area (Å²) in [5.74, 6) is -2.15. The van der Waals surface area contributed by atoms with Crippen LogP contribution in [-0.2, 0) is 0 Å². The molecule has 1 aliphatic carbocycles. The fourth-order valence-corrected chi connectivity index (χ4v) is 2.73. The molecule has 0 heterocycles. The van der Waals surface area contributed by atoms with Crippen molar-refractivity contribution in [1.82, 2.24) is 4.90 Å². The van der Waals surface area contributed by atoms with Crippen LogP contribution in [0.15, 0.2) is 0 Å². The molecule has 1 rings (SSSR count). The lowest BCUT2D eigenvalue weighted by atomic mass is 10.0. The largest absolute Gasteiger partial charge is 0.399 e. The summed E-state index contributed by atoms with van der Waals surface area (Å²) in [6, 6.07) is 0.220. The van der Waals surface area contributed by atoms with E-state index in [4.69, 9.17) is 11.1 Å². The highest BCUT2D eigenvalue weighted by Gasteiger charge is 2.43. The molecule has 0 spiro atoms. The van der Waals surface area contributed by atoms with E-state index in [0.29, 0.717) is 12.5 Å². The zero-order valence-electron chi connectivity index (χ0n) is 12.3. The average Bonchev–Trinajstić information content (AvgIpc) is 2.79. The van der Waals surface area contributed by atoms with Gasteiger partial charge >= 0.3 is 6.18 Å². The molecule has 0 bridgehead atoms. The van der Waals surface area contributed by atoms with Crippen LogP contribution >= 0.6 is 0 Å². The van der Waals surface area contributed by atoms with Gasteiger partial charge in [0.05, 0.1) is 0 Å². The minimum Gasteiger partial charge on any atom is -0.387 e. The van der Waals surface area contributed by atoms with Gasteiger partial charge < -0.3 is 5.73 Å². The standard InChI is InChI=1S/C14H26F3N3/c1-10(2)7-8-20(11-5-3-4-6-11)9-12(13(18)19)14(15,16)17/h10-12H,3-9H2,1-2H3,(H3,18,19). The van der Waals surface area contributed by atoms with E-state index in [1.165, 1.54) is 0 Å². The van der Waals surface area contributed by atoms with Gasteiger partial charge in [0.15, 0.2) is 0 Å². The number of hydrogen-bond acceptors (Lipinski definition) is 2. The molecular formula is C14H26F3N3. The Kier molecular flexibility index (Phi) is 6.30. The molecule has 3 nitrogen and oxygen atoms in total. The summed E-state index contributed by atoms with van der Waals surface area (Å²) in [5, 5.41) is 7.22. The van der Waals surface area contributed by atoms with E-state index in [1.807, 2.05) is 4.90 Å². The summed E-state index contributed by atoms with van der Waals surface area (Å²) in [5.41, 5.74) is 5.16. The first-order valence-corrected chi connectivity index (χ1v) is 7.36. The van der Waals surface area contributed by atoms with Gasteiger partial charge in [0, 0.05) is 12.6 Å². The molecule has 6 heteroatoms. The third-order valence-electron chi connectivity index (χ3n) is 4.02. The van der Waals surface area contributed by atoms with Gasteiger partial charge in [0.2, 0.25) is 0 Å². The Hall–Kier alpha value is -0.780. The molecule has 0 aliphatic heterocycles. The molecule has 0 radical (unpaired) electrons. The maximum atomic E-state index is 13.0. The lowest BCUT2D eigenvalue weighted by Crippen LogP contribution is -2.47. The third kappa shape index (κ3) is 5.31. The molecule has 0 aromatic carbocycles. The fourth-order valence-electron chi connectivity index (χ4n) is 2.73. The lowest BCUT2D eigenvalue weighted by Gasteiger charge is -2.33. The topological polar surface area (TPSA) is 53.1 Å². The molecule has 3 N–H and O–H groups in total. The zero-order chi connectivity index (χ0) is 15.3. The second kappa shape index (κ2) is 7.29. The first kappa shape index (κ1) is 17.3. The summed E-state index contributed by atoms with van der Waals surface area (Å²) < 4.78 is 38.9. The monoisotopic (exact) mass is 293 g/mol. The maximum Gasteiger partial charge on any atom is 0.399 e. The van der Waals surface area contributed by atoms with Crippen LogP contribution in [0.25, 0.3) is 0 Å². The van der Waals surface area contributed by atoms with E-state index < -0.39 is 17.9 Å². The van der Waals surface area contributed by atoms with Gasteiger partial charge in [0.25, 0.3) is 0 Å². The highest BCUT2D eigenvalue weighted by molar-refractivity contribution is 5.80. The summed E-state index contributed by atoms with van der Waals surface area (Å²) >= 11 is 0. The number of halogens is 3. The lowest BCUT2D eigenvalue weighted by molar-refractivity contribution is -0.161. The fraction of sp³-hybridized carbons (Fsp3) is 0.929. The van der Waals surface area contributed by atoms with Crippen LogP contribution in [0.2, 0.25) is 0 Å². The van der Waals surface area contributed by atoms with Gasteiger partial charge in [-0.3, -0.25) is 10.3 Å². The molecule has 0 aromatic heterocycles. The molecule has 118 valence electrons. The minimum atomic E-state index is -4.43. The van der Waals surface area contributed by atoms with Gasteiger partial charge in [-0.2, -0.15) is 13.2 Å². The van der Waals surface area contributed by atoms with Crippen LogP contribution in [0.3, 0.4) is 0 Å². The Morgan fingerprint density at radius 1 is 1.30 bits per heavy atom. The Morgan fingerprint density at radius 3 is 2.25 bits per heavy atom. The van der Waals surface area contributed by atoms with Crippen molar-refractivity contribution in [3.8, 4) is 0 Å². The van der Waals surface area contributed by atoms with E-state index in [0.717, 1.165) is 32.1 Å². The van der Waals surface area contributed by atoms with Crippen molar-refractivity contribution < 1.29 is 13.2 Å². The van der Waals surface area contributed by atoms with Gasteiger partial charge in [-0.05, 0) is 31.7 Å². The zero-order valence-corrected chi connectivity index (χ0v) is 12.3. The van der Waals surface area contributed by atoms with Gasteiger partial charge in [-0.1, -0.05) is 26.7 Å². The molecule has 0 saturated heterocycles. The van der Waals surface area contributed by atoms with Crippen LogP contribution in [0.1, 0.15) is 46.0 Å². The van der Waals surface area contributed by atoms with E-state index >= 15 is 0 Å². The molecule has 20 heavy (non-hydrogen) atoms. The second-order valence-electron chi connectivity index (χ2n) is 6.17. The molecular weight excluding hydrogens is 267 g/mol. The van der Waals surface area contributed by atoms with Crippen molar-refractivity contribution in [2.75, 3.05) is 13.1 Å². The molecule has 1 saturated carbocycles. The number of hydrogen-bond donors (Lipinski definition) is 2. The maximum absolute atomic E-state index is 13.0. The Balaban J connectivity index is 2.72. The first-order valence-electron chi connectivity index (χ1n) is 7.36. The van der Waals surface area contributed by atoms with Crippen molar-refractivity contribution in [3.05, 3.63) is 0 Å². The molecule has 0 amide bonds. The molecule has 1 unspecified atom stereocenters. The average molecular weight is 293 g/mol. The van der Waals surface area contributed by atoms with Crippen LogP contribution in [-0.4, -0.2) is 36.0 Å². The van der Waals surface area contributed by atoms with Crippen LogP contribution < -0.4 is 5.73 Å². The van der Waals surface area contributed by atoms with Crippen LogP contribution in [0, 0.1) is 17.2 Å². The SMILES string of the molecule is CC(C)CCN(CC(C(=N)N)C(F)(F)F)C1CCCC1. The normalized spacial score (nSPS) is 18.9. The van der Waals surface area contributed by atoms with E-state index in [2.05, 4.69) is 13.8 Å². The highest BCUT2D eigenvalue weighted by atomic mass is 19.4. The molecule has 1 atom stereocenters. The second-order valence-corrected chi connectivity index (χ2v) is 6.17. The summed E-state index contributed by atoms with van der Waals surface area (Å²) in [6.07, 6.45) is 0.528. The first-order chi connectivity index (χ1) is 9.21. The van der Waals surface area contributed by atoms with E-state index in [-0.39, 0.29) is 12.6 Å². The Labute approximate surface area is 119 Å². The molecule has 1 fully saturated rings. The van der Waals surface area contributed by atoms with Crippen molar-refractivity contribution in [1.29, 1.82) is 5.41 Å². The number of nitrogens with zero attached hydrogens (tertiary/aromatic N) is 1. The number of alkyl halides is 3. The molecule has 1 aliphatic rings. The van der Waals surface area contributed by atoms with Crippen molar-refractivity contribution in [2.24, 2.45) is 17.6 Å². The van der Waals surface area contributed by atoms with Crippen molar-refractivity contribution in [2.45, 2.75) is 58.2 Å².